The van der Waals surface area contributed by atoms with E-state index in [4.69, 9.17) is 9.84 Å². The minimum atomic E-state index is -0.778. The fourth-order valence-corrected chi connectivity index (χ4v) is 3.41. The number of carboxylic acids is 1. The first-order valence-electron chi connectivity index (χ1n) is 7.83. The third-order valence-electron chi connectivity index (χ3n) is 4.68. The summed E-state index contributed by atoms with van der Waals surface area (Å²) in [4.78, 5) is 25.5. The lowest BCUT2D eigenvalue weighted by atomic mass is 10.0. The minimum Gasteiger partial charge on any atom is -0.481 e. The molecular weight excluding hydrogens is 282 g/mol. The number of hydrogen-bond acceptors (Lipinski definition) is 3. The van der Waals surface area contributed by atoms with Crippen molar-refractivity contribution in [3.63, 3.8) is 0 Å². The van der Waals surface area contributed by atoms with E-state index in [2.05, 4.69) is 0 Å². The van der Waals surface area contributed by atoms with Crippen LogP contribution in [0.4, 0.5) is 0 Å². The van der Waals surface area contributed by atoms with Gasteiger partial charge >= 0.3 is 5.97 Å². The highest BCUT2D eigenvalue weighted by Gasteiger charge is 2.37. The standard InChI is InChI=1S/C17H21NO4/c19-16(13-6-7-14(10-13)17(20)21)18-8-9-22-15(11-18)12-4-2-1-3-5-12/h1-5,13-15H,6-11H2,(H,20,21)/t13-,14+,15?/m0/s1. The molecule has 5 nitrogen and oxygen atoms in total. The minimum absolute atomic E-state index is 0.0874. The van der Waals surface area contributed by atoms with Crippen LogP contribution in [0.5, 0.6) is 0 Å². The van der Waals surface area contributed by atoms with E-state index >= 15 is 0 Å². The van der Waals surface area contributed by atoms with Crippen molar-refractivity contribution in [1.29, 1.82) is 0 Å². The van der Waals surface area contributed by atoms with Crippen molar-refractivity contribution in [3.8, 4) is 0 Å². The number of carbonyl (C=O) groups is 2. The van der Waals surface area contributed by atoms with Gasteiger partial charge in [0.2, 0.25) is 5.91 Å². The first kappa shape index (κ1) is 15.0. The summed E-state index contributed by atoms with van der Waals surface area (Å²) < 4.78 is 5.78. The zero-order valence-corrected chi connectivity index (χ0v) is 12.5. The number of nitrogens with zero attached hydrogens (tertiary/aromatic N) is 1. The van der Waals surface area contributed by atoms with Crippen molar-refractivity contribution in [2.24, 2.45) is 11.8 Å². The molecule has 1 aliphatic heterocycles. The quantitative estimate of drug-likeness (QED) is 0.928. The van der Waals surface area contributed by atoms with Gasteiger partial charge in [-0.25, -0.2) is 0 Å². The van der Waals surface area contributed by atoms with Crippen molar-refractivity contribution >= 4 is 11.9 Å². The van der Waals surface area contributed by atoms with Gasteiger partial charge in [-0.2, -0.15) is 0 Å². The van der Waals surface area contributed by atoms with E-state index < -0.39 is 5.97 Å². The van der Waals surface area contributed by atoms with Crippen LogP contribution in [0.3, 0.4) is 0 Å². The van der Waals surface area contributed by atoms with Gasteiger partial charge in [0.15, 0.2) is 0 Å². The Morgan fingerprint density at radius 2 is 1.86 bits per heavy atom. The fourth-order valence-electron chi connectivity index (χ4n) is 3.41. The molecule has 0 bridgehead atoms. The number of ether oxygens (including phenoxy) is 1. The third-order valence-corrected chi connectivity index (χ3v) is 4.68. The van der Waals surface area contributed by atoms with Crippen LogP contribution in [-0.4, -0.2) is 41.6 Å². The van der Waals surface area contributed by atoms with E-state index in [9.17, 15) is 9.59 Å². The number of rotatable bonds is 3. The molecule has 118 valence electrons. The summed E-state index contributed by atoms with van der Waals surface area (Å²) in [5.41, 5.74) is 1.08. The molecule has 1 heterocycles. The number of amides is 1. The molecule has 2 fully saturated rings. The van der Waals surface area contributed by atoms with Crippen LogP contribution in [0.25, 0.3) is 0 Å². The Morgan fingerprint density at radius 1 is 1.14 bits per heavy atom. The Labute approximate surface area is 129 Å². The first-order valence-corrected chi connectivity index (χ1v) is 7.83. The number of morpholine rings is 1. The largest absolute Gasteiger partial charge is 0.481 e. The van der Waals surface area contributed by atoms with Crippen molar-refractivity contribution in [3.05, 3.63) is 35.9 Å². The summed E-state index contributed by atoms with van der Waals surface area (Å²) in [5.74, 6) is -1.19. The number of carboxylic acid groups (broad SMARTS) is 1. The number of aliphatic carboxylic acids is 1. The topological polar surface area (TPSA) is 66.8 Å². The molecule has 2 aliphatic rings. The van der Waals surface area contributed by atoms with Gasteiger partial charge in [-0.05, 0) is 24.8 Å². The molecule has 3 rings (SSSR count). The number of benzene rings is 1. The average molecular weight is 303 g/mol. The van der Waals surface area contributed by atoms with Crippen LogP contribution in [0.15, 0.2) is 30.3 Å². The second kappa shape index (κ2) is 6.48. The van der Waals surface area contributed by atoms with Crippen LogP contribution in [0, 0.1) is 11.8 Å². The van der Waals surface area contributed by atoms with E-state index in [0.29, 0.717) is 39.0 Å². The molecule has 0 aromatic heterocycles. The second-order valence-corrected chi connectivity index (χ2v) is 6.10. The van der Waals surface area contributed by atoms with Crippen LogP contribution in [0.2, 0.25) is 0 Å². The molecular formula is C17H21NO4. The zero-order chi connectivity index (χ0) is 15.5. The summed E-state index contributed by atoms with van der Waals surface area (Å²) in [6, 6.07) is 9.91. The highest BCUT2D eigenvalue weighted by atomic mass is 16.5. The van der Waals surface area contributed by atoms with E-state index in [1.54, 1.807) is 0 Å². The van der Waals surface area contributed by atoms with Crippen molar-refractivity contribution in [2.75, 3.05) is 19.7 Å². The van der Waals surface area contributed by atoms with Crippen molar-refractivity contribution < 1.29 is 19.4 Å². The van der Waals surface area contributed by atoms with Gasteiger partial charge < -0.3 is 14.7 Å². The Hall–Kier alpha value is -1.88. The molecule has 1 N–H and O–H groups in total. The zero-order valence-electron chi connectivity index (χ0n) is 12.5. The molecule has 1 aliphatic carbocycles. The van der Waals surface area contributed by atoms with Crippen molar-refractivity contribution in [1.82, 2.24) is 4.90 Å². The van der Waals surface area contributed by atoms with Crippen LogP contribution in [-0.2, 0) is 14.3 Å². The van der Waals surface area contributed by atoms with E-state index in [-0.39, 0.29) is 23.8 Å². The average Bonchev–Trinajstić information content (AvgIpc) is 3.05. The fraction of sp³-hybridized carbons (Fsp3) is 0.529. The lowest BCUT2D eigenvalue weighted by molar-refractivity contribution is -0.144. The van der Waals surface area contributed by atoms with Gasteiger partial charge in [-0.15, -0.1) is 0 Å². The lowest BCUT2D eigenvalue weighted by Gasteiger charge is -2.34. The summed E-state index contributed by atoms with van der Waals surface area (Å²) in [7, 11) is 0. The Bertz CT molecular complexity index is 545. The molecule has 0 spiro atoms. The van der Waals surface area contributed by atoms with E-state index in [1.165, 1.54) is 0 Å². The summed E-state index contributed by atoms with van der Waals surface area (Å²) in [6.45, 7) is 1.67. The number of hydrogen-bond donors (Lipinski definition) is 1. The van der Waals surface area contributed by atoms with E-state index in [1.807, 2.05) is 35.2 Å². The normalized spacial score (nSPS) is 28.5. The molecule has 1 amide bonds. The molecule has 5 heteroatoms. The van der Waals surface area contributed by atoms with Crippen molar-refractivity contribution in [2.45, 2.75) is 25.4 Å². The van der Waals surface area contributed by atoms with Crippen LogP contribution in [0.1, 0.15) is 30.9 Å². The first-order chi connectivity index (χ1) is 10.6. The highest BCUT2D eigenvalue weighted by molar-refractivity contribution is 5.81. The van der Waals surface area contributed by atoms with Crippen LogP contribution >= 0.6 is 0 Å². The highest BCUT2D eigenvalue weighted by Crippen LogP contribution is 2.33. The maximum absolute atomic E-state index is 12.6. The van der Waals surface area contributed by atoms with Gasteiger partial charge in [-0.3, -0.25) is 9.59 Å². The molecule has 1 aromatic rings. The summed E-state index contributed by atoms with van der Waals surface area (Å²) >= 11 is 0. The second-order valence-electron chi connectivity index (χ2n) is 6.10. The van der Waals surface area contributed by atoms with Gasteiger partial charge in [0, 0.05) is 12.5 Å². The Balaban J connectivity index is 1.62. The monoisotopic (exact) mass is 303 g/mol. The SMILES string of the molecule is O=C(O)[C@@H]1CC[C@H](C(=O)N2CCOC(c3ccccc3)C2)C1. The maximum atomic E-state index is 12.6. The maximum Gasteiger partial charge on any atom is 0.306 e. The summed E-state index contributed by atoms with van der Waals surface area (Å²) in [5, 5.41) is 9.07. The molecule has 0 radical (unpaired) electrons. The predicted molar refractivity (Wildman–Crippen MR) is 80.2 cm³/mol. The molecule has 1 aromatic carbocycles. The molecule has 1 saturated heterocycles. The summed E-state index contributed by atoms with van der Waals surface area (Å²) in [6.07, 6.45) is 1.68. The Kier molecular flexibility index (Phi) is 4.43. The molecule has 3 atom stereocenters. The van der Waals surface area contributed by atoms with Gasteiger partial charge in [-0.1, -0.05) is 30.3 Å². The van der Waals surface area contributed by atoms with Gasteiger partial charge in [0.05, 0.1) is 19.1 Å². The third kappa shape index (κ3) is 3.14. The molecule has 1 saturated carbocycles. The number of carbonyl (C=O) groups excluding carboxylic acids is 1. The lowest BCUT2D eigenvalue weighted by Crippen LogP contribution is -2.44. The van der Waals surface area contributed by atoms with Gasteiger partial charge in [0.1, 0.15) is 6.10 Å². The predicted octanol–water partition coefficient (Wildman–Crippen LogP) is 2.09. The molecule has 1 unspecified atom stereocenters. The van der Waals surface area contributed by atoms with Gasteiger partial charge in [0.25, 0.3) is 0 Å². The molecule has 22 heavy (non-hydrogen) atoms. The van der Waals surface area contributed by atoms with Crippen LogP contribution < -0.4 is 0 Å². The smallest absolute Gasteiger partial charge is 0.306 e. The van der Waals surface area contributed by atoms with E-state index in [0.717, 1.165) is 5.56 Å². The Morgan fingerprint density at radius 3 is 2.55 bits per heavy atom.